The molecule has 1 aromatic carbocycles. The first-order valence-corrected chi connectivity index (χ1v) is 5.25. The van der Waals surface area contributed by atoms with Crippen molar-refractivity contribution in [3.63, 3.8) is 0 Å². The number of hydrogen-bond donors (Lipinski definition) is 1. The standard InChI is InChI=1S/C10H14FNO.C2H6/c1-12-6-5-8-3-4-10(13-2)9(11)7-8;1-2/h3-4,7,12H,5-6H2,1-2H3;1-2H3. The van der Waals surface area contributed by atoms with Gasteiger partial charge in [0.05, 0.1) is 7.11 Å². The summed E-state index contributed by atoms with van der Waals surface area (Å²) in [6.45, 7) is 4.85. The van der Waals surface area contributed by atoms with E-state index in [0.29, 0.717) is 5.75 Å². The van der Waals surface area contributed by atoms with Crippen LogP contribution in [-0.4, -0.2) is 20.7 Å². The summed E-state index contributed by atoms with van der Waals surface area (Å²) < 4.78 is 17.9. The number of rotatable bonds is 4. The van der Waals surface area contributed by atoms with E-state index in [9.17, 15) is 4.39 Å². The molecule has 1 N–H and O–H groups in total. The molecule has 1 rings (SSSR count). The van der Waals surface area contributed by atoms with Crippen molar-refractivity contribution in [1.82, 2.24) is 5.32 Å². The van der Waals surface area contributed by atoms with Crippen molar-refractivity contribution in [1.29, 1.82) is 0 Å². The predicted molar refractivity (Wildman–Crippen MR) is 61.9 cm³/mol. The first kappa shape index (κ1) is 13.9. The number of halogens is 1. The second kappa shape index (κ2) is 8.24. The monoisotopic (exact) mass is 213 g/mol. The van der Waals surface area contributed by atoms with Gasteiger partial charge in [-0.25, -0.2) is 4.39 Å². The second-order valence-electron chi connectivity index (χ2n) is 2.82. The number of benzene rings is 1. The topological polar surface area (TPSA) is 21.3 Å². The van der Waals surface area contributed by atoms with Gasteiger partial charge in [-0.1, -0.05) is 19.9 Å². The third-order valence-corrected chi connectivity index (χ3v) is 1.88. The molecule has 0 amide bonds. The molecule has 86 valence electrons. The van der Waals surface area contributed by atoms with Crippen LogP contribution in [0.5, 0.6) is 5.75 Å². The number of likely N-dealkylation sites (N-methyl/N-ethyl adjacent to an activating group) is 1. The summed E-state index contributed by atoms with van der Waals surface area (Å²) in [5, 5.41) is 3.01. The zero-order chi connectivity index (χ0) is 11.7. The average molecular weight is 213 g/mol. The van der Waals surface area contributed by atoms with E-state index in [1.807, 2.05) is 27.0 Å². The summed E-state index contributed by atoms with van der Waals surface area (Å²) in [5.41, 5.74) is 0.979. The highest BCUT2D eigenvalue weighted by molar-refractivity contribution is 5.29. The maximum atomic E-state index is 13.1. The molecule has 0 heterocycles. The second-order valence-corrected chi connectivity index (χ2v) is 2.82. The van der Waals surface area contributed by atoms with Gasteiger partial charge in [0.15, 0.2) is 11.6 Å². The van der Waals surface area contributed by atoms with E-state index in [1.165, 1.54) is 13.2 Å². The van der Waals surface area contributed by atoms with Crippen molar-refractivity contribution in [2.75, 3.05) is 20.7 Å². The van der Waals surface area contributed by atoms with Crippen LogP contribution in [0.15, 0.2) is 18.2 Å². The van der Waals surface area contributed by atoms with Crippen LogP contribution in [0.3, 0.4) is 0 Å². The molecule has 0 aliphatic rings. The molecular weight excluding hydrogens is 193 g/mol. The van der Waals surface area contributed by atoms with E-state index >= 15 is 0 Å². The van der Waals surface area contributed by atoms with Crippen LogP contribution in [0.1, 0.15) is 19.4 Å². The van der Waals surface area contributed by atoms with E-state index in [-0.39, 0.29) is 5.82 Å². The maximum absolute atomic E-state index is 13.1. The lowest BCUT2D eigenvalue weighted by Crippen LogP contribution is -2.10. The summed E-state index contributed by atoms with van der Waals surface area (Å²) in [6, 6.07) is 5.04. The van der Waals surface area contributed by atoms with Crippen LogP contribution < -0.4 is 10.1 Å². The highest BCUT2D eigenvalue weighted by Crippen LogP contribution is 2.17. The smallest absolute Gasteiger partial charge is 0.165 e. The molecule has 3 heteroatoms. The summed E-state index contributed by atoms with van der Waals surface area (Å²) in [6.07, 6.45) is 0.831. The van der Waals surface area contributed by atoms with Gasteiger partial charge in [-0.2, -0.15) is 0 Å². The van der Waals surface area contributed by atoms with Crippen LogP contribution in [0, 0.1) is 5.82 Å². The lowest BCUT2D eigenvalue weighted by Gasteiger charge is -2.04. The highest BCUT2D eigenvalue weighted by Gasteiger charge is 2.02. The van der Waals surface area contributed by atoms with Crippen LogP contribution >= 0.6 is 0 Å². The molecule has 0 spiro atoms. The molecule has 0 atom stereocenters. The molecule has 0 aliphatic carbocycles. The van der Waals surface area contributed by atoms with E-state index in [4.69, 9.17) is 4.74 Å². The molecular formula is C12H20FNO. The van der Waals surface area contributed by atoms with Crippen LogP contribution in [0.4, 0.5) is 4.39 Å². The Hall–Kier alpha value is -1.09. The minimum Gasteiger partial charge on any atom is -0.494 e. The molecule has 1 aromatic rings. The van der Waals surface area contributed by atoms with Gasteiger partial charge >= 0.3 is 0 Å². The summed E-state index contributed by atoms with van der Waals surface area (Å²) in [5.74, 6) is 0.00399. The van der Waals surface area contributed by atoms with Crippen molar-refractivity contribution in [2.24, 2.45) is 0 Å². The minimum atomic E-state index is -0.295. The number of hydrogen-bond acceptors (Lipinski definition) is 2. The molecule has 0 fully saturated rings. The summed E-state index contributed by atoms with van der Waals surface area (Å²) in [4.78, 5) is 0. The average Bonchev–Trinajstić information content (AvgIpc) is 2.29. The lowest BCUT2D eigenvalue weighted by molar-refractivity contribution is 0.386. The fourth-order valence-corrected chi connectivity index (χ4v) is 1.13. The van der Waals surface area contributed by atoms with Gasteiger partial charge in [-0.15, -0.1) is 0 Å². The predicted octanol–water partition coefficient (Wildman–Crippen LogP) is 2.62. The third kappa shape index (κ3) is 4.79. The van der Waals surface area contributed by atoms with Gasteiger partial charge in [-0.3, -0.25) is 0 Å². The Morgan fingerprint density at radius 2 is 2.00 bits per heavy atom. The normalized spacial score (nSPS) is 9.13. The fraction of sp³-hybridized carbons (Fsp3) is 0.500. The fourth-order valence-electron chi connectivity index (χ4n) is 1.13. The number of ether oxygens (including phenoxy) is 1. The van der Waals surface area contributed by atoms with E-state index in [2.05, 4.69) is 5.32 Å². The highest BCUT2D eigenvalue weighted by atomic mass is 19.1. The van der Waals surface area contributed by atoms with Gasteiger partial charge in [0.25, 0.3) is 0 Å². The quantitative estimate of drug-likeness (QED) is 0.830. The van der Waals surface area contributed by atoms with Gasteiger partial charge < -0.3 is 10.1 Å². The van der Waals surface area contributed by atoms with Crippen molar-refractivity contribution >= 4 is 0 Å². The molecule has 0 radical (unpaired) electrons. The van der Waals surface area contributed by atoms with Gasteiger partial charge in [0.1, 0.15) is 0 Å². The van der Waals surface area contributed by atoms with Gasteiger partial charge in [0, 0.05) is 0 Å². The Balaban J connectivity index is 0.000000921. The van der Waals surface area contributed by atoms with Gasteiger partial charge in [-0.05, 0) is 37.7 Å². The molecule has 2 nitrogen and oxygen atoms in total. The van der Waals surface area contributed by atoms with Crippen molar-refractivity contribution in [3.05, 3.63) is 29.6 Å². The van der Waals surface area contributed by atoms with E-state index in [0.717, 1.165) is 18.5 Å². The molecule has 0 bridgehead atoms. The van der Waals surface area contributed by atoms with Crippen molar-refractivity contribution in [3.8, 4) is 5.75 Å². The van der Waals surface area contributed by atoms with Crippen LogP contribution in [0.25, 0.3) is 0 Å². The number of methoxy groups -OCH3 is 1. The van der Waals surface area contributed by atoms with Crippen LogP contribution in [0.2, 0.25) is 0 Å². The van der Waals surface area contributed by atoms with Crippen LogP contribution in [-0.2, 0) is 6.42 Å². The number of nitrogens with one attached hydrogen (secondary N) is 1. The molecule has 0 aromatic heterocycles. The first-order valence-electron chi connectivity index (χ1n) is 5.25. The molecule has 0 saturated heterocycles. The van der Waals surface area contributed by atoms with E-state index < -0.39 is 0 Å². The Morgan fingerprint density at radius 3 is 2.47 bits per heavy atom. The zero-order valence-corrected chi connectivity index (χ0v) is 9.93. The van der Waals surface area contributed by atoms with Crippen molar-refractivity contribution < 1.29 is 9.13 Å². The zero-order valence-electron chi connectivity index (χ0n) is 9.93. The Kier molecular flexibility index (Phi) is 7.64. The van der Waals surface area contributed by atoms with E-state index in [1.54, 1.807) is 6.07 Å². The summed E-state index contributed by atoms with van der Waals surface area (Å²) in [7, 11) is 3.34. The Bertz CT molecular complexity index is 276. The summed E-state index contributed by atoms with van der Waals surface area (Å²) >= 11 is 0. The first-order chi connectivity index (χ1) is 7.27. The van der Waals surface area contributed by atoms with Crippen molar-refractivity contribution in [2.45, 2.75) is 20.3 Å². The minimum absolute atomic E-state index is 0.295. The SMILES string of the molecule is CC.CNCCc1ccc(OC)c(F)c1. The van der Waals surface area contributed by atoms with Gasteiger partial charge in [0.2, 0.25) is 0 Å². The molecule has 15 heavy (non-hydrogen) atoms. The molecule has 0 saturated carbocycles. The largest absolute Gasteiger partial charge is 0.494 e. The lowest BCUT2D eigenvalue weighted by atomic mass is 10.1. The third-order valence-electron chi connectivity index (χ3n) is 1.88. The Morgan fingerprint density at radius 1 is 1.33 bits per heavy atom. The Labute approximate surface area is 91.5 Å². The molecule has 0 aliphatic heterocycles. The molecule has 0 unspecified atom stereocenters. The maximum Gasteiger partial charge on any atom is 0.165 e.